The van der Waals surface area contributed by atoms with Crippen LogP contribution in [0.3, 0.4) is 0 Å². The van der Waals surface area contributed by atoms with Crippen molar-refractivity contribution in [1.29, 1.82) is 0 Å². The maximum absolute atomic E-state index is 9.63. The van der Waals surface area contributed by atoms with Gasteiger partial charge in [0.15, 0.2) is 0 Å². The lowest BCUT2D eigenvalue weighted by Gasteiger charge is -2.08. The largest absolute Gasteiger partial charge is 0.508 e. The van der Waals surface area contributed by atoms with Gasteiger partial charge in [0.25, 0.3) is 0 Å². The number of hydrogen-bond acceptors (Lipinski definition) is 8. The molecule has 5 N–H and O–H groups in total. The first kappa shape index (κ1) is 15.3. The van der Waals surface area contributed by atoms with Crippen LogP contribution >= 0.6 is 0 Å². The Morgan fingerprint density at radius 1 is 0.708 bits per heavy atom. The molecule has 0 spiro atoms. The third-order valence-electron chi connectivity index (χ3n) is 3.13. The molecule has 0 saturated carbocycles. The summed E-state index contributed by atoms with van der Waals surface area (Å²) >= 11 is 0. The molecule has 1 aromatic heterocycles. The second-order valence-electron chi connectivity index (χ2n) is 4.97. The van der Waals surface area contributed by atoms with Crippen molar-refractivity contribution in [2.75, 3.05) is 10.6 Å². The summed E-state index contributed by atoms with van der Waals surface area (Å²) in [7, 11) is 0. The lowest BCUT2D eigenvalue weighted by atomic mass is 10.2. The first-order valence-electron chi connectivity index (χ1n) is 7.11. The standard InChI is InChI=1S/C16H15N5O3/c22-12-5-1-10(2-6-12)9-17-14-19-15(21-16(24)20-14)18-11-3-7-13(23)8-4-11/h1-8,22-23H,9H2,(H3,17,18,19,20,21,24). The van der Waals surface area contributed by atoms with Crippen LogP contribution in [0, 0.1) is 0 Å². The minimum atomic E-state index is -0.417. The van der Waals surface area contributed by atoms with Crippen molar-refractivity contribution in [2.24, 2.45) is 0 Å². The van der Waals surface area contributed by atoms with Crippen molar-refractivity contribution in [3.05, 3.63) is 54.1 Å². The van der Waals surface area contributed by atoms with E-state index in [1.54, 1.807) is 36.4 Å². The fraction of sp³-hybridized carbons (Fsp3) is 0.0625. The van der Waals surface area contributed by atoms with E-state index in [2.05, 4.69) is 25.6 Å². The molecule has 0 bridgehead atoms. The van der Waals surface area contributed by atoms with Crippen LogP contribution in [0.4, 0.5) is 17.6 Å². The average Bonchev–Trinajstić information content (AvgIpc) is 2.56. The van der Waals surface area contributed by atoms with E-state index >= 15 is 0 Å². The summed E-state index contributed by atoms with van der Waals surface area (Å²) in [6, 6.07) is 12.6. The van der Waals surface area contributed by atoms with Gasteiger partial charge in [0.05, 0.1) is 0 Å². The predicted molar refractivity (Wildman–Crippen MR) is 88.3 cm³/mol. The monoisotopic (exact) mass is 325 g/mol. The van der Waals surface area contributed by atoms with Gasteiger partial charge in [-0.2, -0.15) is 15.0 Å². The predicted octanol–water partition coefficient (Wildman–Crippen LogP) is 2.34. The van der Waals surface area contributed by atoms with Crippen LogP contribution in [0.25, 0.3) is 0 Å². The lowest BCUT2D eigenvalue weighted by molar-refractivity contribution is 0.430. The number of aromatic nitrogens is 3. The van der Waals surface area contributed by atoms with Crippen molar-refractivity contribution in [1.82, 2.24) is 15.0 Å². The summed E-state index contributed by atoms with van der Waals surface area (Å²) in [5.74, 6) is 0.713. The third kappa shape index (κ3) is 4.01. The van der Waals surface area contributed by atoms with Gasteiger partial charge in [0.1, 0.15) is 11.5 Å². The van der Waals surface area contributed by atoms with Gasteiger partial charge in [-0.25, -0.2) is 0 Å². The lowest BCUT2D eigenvalue weighted by Crippen LogP contribution is -2.06. The van der Waals surface area contributed by atoms with Crippen LogP contribution in [-0.4, -0.2) is 30.3 Å². The number of benzene rings is 2. The Balaban J connectivity index is 1.71. The number of hydrogen-bond donors (Lipinski definition) is 5. The molecule has 0 aliphatic heterocycles. The summed E-state index contributed by atoms with van der Waals surface area (Å²) in [5, 5.41) is 34.1. The topological polar surface area (TPSA) is 123 Å². The van der Waals surface area contributed by atoms with E-state index in [0.29, 0.717) is 12.2 Å². The van der Waals surface area contributed by atoms with E-state index in [9.17, 15) is 15.3 Å². The SMILES string of the molecule is Oc1ccc(CNc2nc(O)nc(Nc3ccc(O)cc3)n2)cc1. The zero-order chi connectivity index (χ0) is 16.9. The van der Waals surface area contributed by atoms with Crippen LogP contribution < -0.4 is 10.6 Å². The maximum Gasteiger partial charge on any atom is 0.320 e. The van der Waals surface area contributed by atoms with Crippen LogP contribution in [0.15, 0.2) is 48.5 Å². The van der Waals surface area contributed by atoms with Gasteiger partial charge in [-0.1, -0.05) is 12.1 Å². The van der Waals surface area contributed by atoms with E-state index in [-0.39, 0.29) is 23.4 Å². The molecule has 0 unspecified atom stereocenters. The van der Waals surface area contributed by atoms with Gasteiger partial charge in [-0.3, -0.25) is 0 Å². The van der Waals surface area contributed by atoms with Crippen molar-refractivity contribution in [3.63, 3.8) is 0 Å². The van der Waals surface area contributed by atoms with Gasteiger partial charge in [0.2, 0.25) is 11.9 Å². The van der Waals surface area contributed by atoms with Crippen LogP contribution in [0.1, 0.15) is 5.56 Å². The zero-order valence-corrected chi connectivity index (χ0v) is 12.5. The second-order valence-corrected chi connectivity index (χ2v) is 4.97. The Bertz CT molecular complexity index is 822. The first-order valence-corrected chi connectivity index (χ1v) is 7.11. The number of rotatable bonds is 5. The summed E-state index contributed by atoms with van der Waals surface area (Å²) < 4.78 is 0. The van der Waals surface area contributed by atoms with Gasteiger partial charge in [-0.15, -0.1) is 0 Å². The van der Waals surface area contributed by atoms with E-state index in [4.69, 9.17) is 0 Å². The molecule has 0 atom stereocenters. The molecule has 1 heterocycles. The number of aromatic hydroxyl groups is 3. The highest BCUT2D eigenvalue weighted by molar-refractivity contribution is 5.55. The average molecular weight is 325 g/mol. The van der Waals surface area contributed by atoms with E-state index < -0.39 is 6.01 Å². The molecular weight excluding hydrogens is 310 g/mol. The van der Waals surface area contributed by atoms with Crippen molar-refractivity contribution in [3.8, 4) is 17.5 Å². The molecule has 0 radical (unpaired) electrons. The van der Waals surface area contributed by atoms with Gasteiger partial charge in [-0.05, 0) is 42.0 Å². The molecule has 0 aliphatic rings. The summed E-state index contributed by atoms with van der Waals surface area (Å²) in [4.78, 5) is 11.8. The molecule has 0 saturated heterocycles. The van der Waals surface area contributed by atoms with Crippen molar-refractivity contribution >= 4 is 17.6 Å². The fourth-order valence-electron chi connectivity index (χ4n) is 1.97. The van der Waals surface area contributed by atoms with Crippen molar-refractivity contribution < 1.29 is 15.3 Å². The van der Waals surface area contributed by atoms with Gasteiger partial charge >= 0.3 is 6.01 Å². The second kappa shape index (κ2) is 6.69. The zero-order valence-electron chi connectivity index (χ0n) is 12.5. The number of anilines is 3. The highest BCUT2D eigenvalue weighted by Crippen LogP contribution is 2.19. The van der Waals surface area contributed by atoms with Crippen molar-refractivity contribution in [2.45, 2.75) is 6.54 Å². The quantitative estimate of drug-likeness (QED) is 0.453. The third-order valence-corrected chi connectivity index (χ3v) is 3.13. The smallest absolute Gasteiger partial charge is 0.320 e. The Kier molecular flexibility index (Phi) is 4.28. The number of nitrogens with zero attached hydrogens (tertiary/aromatic N) is 3. The first-order chi connectivity index (χ1) is 11.6. The molecule has 2 aromatic carbocycles. The highest BCUT2D eigenvalue weighted by Gasteiger charge is 2.06. The summed E-state index contributed by atoms with van der Waals surface area (Å²) in [5.41, 5.74) is 1.57. The molecule has 0 fully saturated rings. The molecule has 3 rings (SSSR count). The van der Waals surface area contributed by atoms with Crippen LogP contribution in [0.5, 0.6) is 17.5 Å². The highest BCUT2D eigenvalue weighted by atomic mass is 16.3. The number of nitrogens with one attached hydrogen (secondary N) is 2. The van der Waals surface area contributed by atoms with Gasteiger partial charge < -0.3 is 26.0 Å². The van der Waals surface area contributed by atoms with E-state index in [0.717, 1.165) is 5.56 Å². The molecule has 0 amide bonds. The summed E-state index contributed by atoms with van der Waals surface area (Å²) in [6.07, 6.45) is 0. The van der Waals surface area contributed by atoms with E-state index in [1.807, 2.05) is 0 Å². The molecular formula is C16H15N5O3. The number of phenols is 2. The van der Waals surface area contributed by atoms with Crippen LogP contribution in [-0.2, 0) is 6.54 Å². The molecule has 8 heteroatoms. The molecule has 24 heavy (non-hydrogen) atoms. The number of phenolic OH excluding ortho intramolecular Hbond substituents is 2. The Morgan fingerprint density at radius 2 is 1.29 bits per heavy atom. The maximum atomic E-state index is 9.63. The minimum absolute atomic E-state index is 0.148. The molecule has 0 aliphatic carbocycles. The van der Waals surface area contributed by atoms with Gasteiger partial charge in [0, 0.05) is 12.2 Å². The molecule has 122 valence electrons. The fourth-order valence-corrected chi connectivity index (χ4v) is 1.97. The normalized spacial score (nSPS) is 10.3. The Morgan fingerprint density at radius 3 is 1.96 bits per heavy atom. The minimum Gasteiger partial charge on any atom is -0.508 e. The summed E-state index contributed by atoms with van der Waals surface area (Å²) in [6.45, 7) is 0.419. The Hall–Kier alpha value is -3.55. The Labute approximate surface area is 137 Å². The molecule has 8 nitrogen and oxygen atoms in total. The van der Waals surface area contributed by atoms with Crippen LogP contribution in [0.2, 0.25) is 0 Å². The molecule has 3 aromatic rings. The van der Waals surface area contributed by atoms with E-state index in [1.165, 1.54) is 12.1 Å².